The summed E-state index contributed by atoms with van der Waals surface area (Å²) in [7, 11) is 0. The summed E-state index contributed by atoms with van der Waals surface area (Å²) in [6.07, 6.45) is 0. The normalized spacial score (nSPS) is 21.8. The zero-order valence-electron chi connectivity index (χ0n) is 10.3. The van der Waals surface area contributed by atoms with Gasteiger partial charge in [-0.05, 0) is 18.6 Å². The van der Waals surface area contributed by atoms with E-state index >= 15 is 0 Å². The Labute approximate surface area is 127 Å². The number of hydrogen-bond acceptors (Lipinski definition) is 3. The molecular weight excluding hydrogens is 305 g/mol. The molecule has 0 aromatic heterocycles. The zero-order valence-corrected chi connectivity index (χ0v) is 13.4. The van der Waals surface area contributed by atoms with E-state index in [1.165, 1.54) is 17.3 Å². The molecule has 1 aliphatic heterocycles. The molecule has 1 fully saturated rings. The number of halogens is 2. The van der Waals surface area contributed by atoms with Gasteiger partial charge in [-0.1, -0.05) is 35.3 Å². The van der Waals surface area contributed by atoms with Crippen LogP contribution >= 0.6 is 46.7 Å². The smallest absolute Gasteiger partial charge is 0.0639 e. The van der Waals surface area contributed by atoms with Crippen LogP contribution in [0, 0.1) is 0 Å². The van der Waals surface area contributed by atoms with Crippen LogP contribution in [0.3, 0.4) is 0 Å². The van der Waals surface area contributed by atoms with Gasteiger partial charge in [0.1, 0.15) is 0 Å². The Balaban J connectivity index is 1.90. The van der Waals surface area contributed by atoms with E-state index < -0.39 is 0 Å². The quantitative estimate of drug-likeness (QED) is 0.877. The third kappa shape index (κ3) is 3.97. The van der Waals surface area contributed by atoms with E-state index in [0.717, 1.165) is 12.1 Å². The van der Waals surface area contributed by atoms with Crippen LogP contribution in [0.1, 0.15) is 18.5 Å². The van der Waals surface area contributed by atoms with E-state index in [1.807, 2.05) is 30.0 Å². The minimum Gasteiger partial charge on any atom is -0.309 e. The van der Waals surface area contributed by atoms with E-state index in [0.29, 0.717) is 15.3 Å². The second kappa shape index (κ2) is 7.30. The van der Waals surface area contributed by atoms with Gasteiger partial charge in [-0.2, -0.15) is 23.5 Å². The number of rotatable bonds is 4. The van der Waals surface area contributed by atoms with Crippen LogP contribution in [0.4, 0.5) is 0 Å². The summed E-state index contributed by atoms with van der Waals surface area (Å²) in [6, 6.07) is 6.05. The molecule has 2 atom stereocenters. The van der Waals surface area contributed by atoms with E-state index in [4.69, 9.17) is 23.2 Å². The molecule has 1 saturated heterocycles. The van der Waals surface area contributed by atoms with Crippen LogP contribution in [-0.2, 0) is 0 Å². The molecule has 1 N–H and O–H groups in total. The molecule has 2 unspecified atom stereocenters. The molecule has 0 amide bonds. The lowest BCUT2D eigenvalue weighted by Gasteiger charge is -2.24. The Kier molecular flexibility index (Phi) is 6.02. The molecule has 0 radical (unpaired) electrons. The predicted molar refractivity (Wildman–Crippen MR) is 86.5 cm³/mol. The highest BCUT2D eigenvalue weighted by Crippen LogP contribution is 2.30. The molecular formula is C13H17Cl2NS2. The third-order valence-corrected chi connectivity index (χ3v) is 6.66. The molecule has 18 heavy (non-hydrogen) atoms. The minimum absolute atomic E-state index is 0.240. The number of benzene rings is 1. The van der Waals surface area contributed by atoms with E-state index in [2.05, 4.69) is 24.0 Å². The molecule has 0 aliphatic carbocycles. The summed E-state index contributed by atoms with van der Waals surface area (Å²) < 4.78 is 0. The van der Waals surface area contributed by atoms with Gasteiger partial charge in [-0.15, -0.1) is 0 Å². The van der Waals surface area contributed by atoms with Gasteiger partial charge in [-0.3, -0.25) is 0 Å². The first-order valence-corrected chi connectivity index (χ1v) is 9.01. The fourth-order valence-corrected chi connectivity index (χ4v) is 5.02. The summed E-state index contributed by atoms with van der Waals surface area (Å²) >= 11 is 16.4. The first kappa shape index (κ1) is 14.9. The molecule has 0 spiro atoms. The van der Waals surface area contributed by atoms with Crippen LogP contribution in [0.25, 0.3) is 0 Å². The minimum atomic E-state index is 0.240. The van der Waals surface area contributed by atoms with Crippen molar-refractivity contribution < 1.29 is 0 Å². The lowest BCUT2D eigenvalue weighted by molar-refractivity contribution is 0.577. The molecule has 1 heterocycles. The van der Waals surface area contributed by atoms with Crippen LogP contribution in [-0.4, -0.2) is 29.1 Å². The monoisotopic (exact) mass is 321 g/mol. The molecule has 2 rings (SSSR count). The first-order valence-electron chi connectivity index (χ1n) is 6.05. The van der Waals surface area contributed by atoms with Crippen LogP contribution in [0.15, 0.2) is 18.2 Å². The van der Waals surface area contributed by atoms with Crippen LogP contribution < -0.4 is 5.32 Å². The predicted octanol–water partition coefficient (Wildman–Crippen LogP) is 4.49. The fourth-order valence-electron chi connectivity index (χ4n) is 1.93. The maximum Gasteiger partial charge on any atom is 0.0639 e. The lowest BCUT2D eigenvalue weighted by Crippen LogP contribution is -2.30. The van der Waals surface area contributed by atoms with Gasteiger partial charge in [0.05, 0.1) is 10.0 Å². The molecule has 1 aromatic rings. The Hall–Kier alpha value is 0.460. The van der Waals surface area contributed by atoms with Gasteiger partial charge in [-0.25, -0.2) is 0 Å². The van der Waals surface area contributed by atoms with Gasteiger partial charge in [0, 0.05) is 35.1 Å². The zero-order chi connectivity index (χ0) is 13.0. The summed E-state index contributed by atoms with van der Waals surface area (Å²) in [5, 5.41) is 5.57. The highest BCUT2D eigenvalue weighted by atomic mass is 35.5. The molecule has 0 saturated carbocycles. The van der Waals surface area contributed by atoms with Crippen molar-refractivity contribution in [1.29, 1.82) is 0 Å². The van der Waals surface area contributed by atoms with Gasteiger partial charge in [0.15, 0.2) is 0 Å². The number of nitrogens with one attached hydrogen (secondary N) is 1. The van der Waals surface area contributed by atoms with Gasteiger partial charge in [0.2, 0.25) is 0 Å². The Morgan fingerprint density at radius 1 is 1.39 bits per heavy atom. The third-order valence-electron chi connectivity index (χ3n) is 2.98. The fraction of sp³-hybridized carbons (Fsp3) is 0.538. The van der Waals surface area contributed by atoms with Gasteiger partial charge < -0.3 is 5.32 Å². The maximum atomic E-state index is 6.23. The first-order chi connectivity index (χ1) is 8.68. The molecule has 5 heteroatoms. The Bertz CT molecular complexity index is 395. The van der Waals surface area contributed by atoms with Crippen molar-refractivity contribution >= 4 is 46.7 Å². The Morgan fingerprint density at radius 3 is 2.94 bits per heavy atom. The van der Waals surface area contributed by atoms with E-state index in [1.54, 1.807) is 0 Å². The highest BCUT2D eigenvalue weighted by Gasteiger charge is 2.17. The van der Waals surface area contributed by atoms with Gasteiger partial charge in [0.25, 0.3) is 0 Å². The second-order valence-corrected chi connectivity index (χ2v) is 7.68. The van der Waals surface area contributed by atoms with Crippen LogP contribution in [0.5, 0.6) is 0 Å². The van der Waals surface area contributed by atoms with Crippen LogP contribution in [0.2, 0.25) is 10.0 Å². The molecule has 0 bridgehead atoms. The van der Waals surface area contributed by atoms with E-state index in [-0.39, 0.29) is 6.04 Å². The summed E-state index contributed by atoms with van der Waals surface area (Å²) in [4.78, 5) is 0. The second-order valence-electron chi connectivity index (χ2n) is 4.34. The van der Waals surface area contributed by atoms with Crippen molar-refractivity contribution in [3.05, 3.63) is 33.8 Å². The lowest BCUT2D eigenvalue weighted by atomic mass is 10.1. The molecule has 1 aliphatic rings. The van der Waals surface area contributed by atoms with Crippen molar-refractivity contribution in [2.75, 3.05) is 23.8 Å². The standard InChI is InChI=1S/C13H17Cl2NS2/c1-9(11-3-2-4-12(14)13(11)15)16-7-10-8-17-5-6-18-10/h2-4,9-10,16H,5-8H2,1H3. The maximum absolute atomic E-state index is 6.23. The van der Waals surface area contributed by atoms with Crippen molar-refractivity contribution in [2.24, 2.45) is 0 Å². The molecule has 100 valence electrons. The largest absolute Gasteiger partial charge is 0.309 e. The van der Waals surface area contributed by atoms with Crippen molar-refractivity contribution in [3.8, 4) is 0 Å². The average Bonchev–Trinajstić information content (AvgIpc) is 2.40. The number of thioether (sulfide) groups is 2. The van der Waals surface area contributed by atoms with E-state index in [9.17, 15) is 0 Å². The summed E-state index contributed by atoms with van der Waals surface area (Å²) in [5.41, 5.74) is 1.08. The summed E-state index contributed by atoms with van der Waals surface area (Å²) in [6.45, 7) is 3.17. The van der Waals surface area contributed by atoms with Crippen molar-refractivity contribution in [2.45, 2.75) is 18.2 Å². The Morgan fingerprint density at radius 2 is 2.22 bits per heavy atom. The average molecular weight is 322 g/mol. The summed E-state index contributed by atoms with van der Waals surface area (Å²) in [5.74, 6) is 3.80. The number of hydrogen-bond donors (Lipinski definition) is 1. The SMILES string of the molecule is CC(NCC1CSCCS1)c1cccc(Cl)c1Cl. The highest BCUT2D eigenvalue weighted by molar-refractivity contribution is 8.06. The molecule has 1 nitrogen and oxygen atoms in total. The topological polar surface area (TPSA) is 12.0 Å². The van der Waals surface area contributed by atoms with Gasteiger partial charge >= 0.3 is 0 Å². The van der Waals surface area contributed by atoms with Crippen molar-refractivity contribution in [1.82, 2.24) is 5.32 Å². The van der Waals surface area contributed by atoms with Crippen molar-refractivity contribution in [3.63, 3.8) is 0 Å². The molecule has 1 aromatic carbocycles.